The Morgan fingerprint density at radius 1 is 1.50 bits per heavy atom. The Morgan fingerprint density at radius 3 is 2.78 bits per heavy atom. The molecule has 0 heterocycles. The molecule has 0 aliphatic rings. The minimum atomic E-state index is -3.83. The molecule has 8 heteroatoms. The van der Waals surface area contributed by atoms with Crippen molar-refractivity contribution in [1.82, 2.24) is 4.72 Å². The Hall–Kier alpha value is -1.12. The first-order valence-corrected chi connectivity index (χ1v) is 7.34. The molecule has 1 aromatic rings. The van der Waals surface area contributed by atoms with Crippen molar-refractivity contribution in [3.05, 3.63) is 22.7 Å². The highest BCUT2D eigenvalue weighted by atomic mass is 79.9. The van der Waals surface area contributed by atoms with Crippen LogP contribution in [-0.2, 0) is 19.6 Å². The number of hydrogen-bond acceptors (Lipinski definition) is 5. The number of nitrogens with two attached hydrogens (primary N) is 1. The lowest BCUT2D eigenvalue weighted by Crippen LogP contribution is -2.31. The molecule has 3 N–H and O–H groups in total. The van der Waals surface area contributed by atoms with E-state index in [2.05, 4.69) is 25.4 Å². The molecule has 0 spiro atoms. The van der Waals surface area contributed by atoms with Gasteiger partial charge in [0.15, 0.2) is 0 Å². The lowest BCUT2D eigenvalue weighted by atomic mass is 10.3. The zero-order valence-electron chi connectivity index (χ0n) is 9.64. The van der Waals surface area contributed by atoms with Crippen molar-refractivity contribution in [2.75, 3.05) is 18.9 Å². The molecule has 0 aliphatic heterocycles. The number of esters is 1. The highest BCUT2D eigenvalue weighted by Gasteiger charge is 2.19. The van der Waals surface area contributed by atoms with Crippen LogP contribution < -0.4 is 10.5 Å². The molecule has 0 aliphatic carbocycles. The van der Waals surface area contributed by atoms with Gasteiger partial charge in [0.05, 0.1) is 12.3 Å². The van der Waals surface area contributed by atoms with Crippen LogP contribution >= 0.6 is 15.9 Å². The number of nitrogen functional groups attached to an aromatic ring is 1. The minimum Gasteiger partial charge on any atom is -0.465 e. The predicted octanol–water partition coefficient (Wildman–Crippen LogP) is 0.873. The Balaban J connectivity index is 2.87. The molecule has 0 amide bonds. The van der Waals surface area contributed by atoms with Gasteiger partial charge in [0, 0.05) is 4.47 Å². The first kappa shape index (κ1) is 14.9. The molecular formula is C10H13BrN2O4S. The maximum atomic E-state index is 11.9. The van der Waals surface area contributed by atoms with Gasteiger partial charge in [0.2, 0.25) is 10.0 Å². The number of anilines is 1. The largest absolute Gasteiger partial charge is 0.465 e. The molecule has 100 valence electrons. The number of rotatable bonds is 5. The van der Waals surface area contributed by atoms with Gasteiger partial charge in [-0.25, -0.2) is 8.42 Å². The molecule has 6 nitrogen and oxygen atoms in total. The summed E-state index contributed by atoms with van der Waals surface area (Å²) in [6.45, 7) is 1.40. The standard InChI is InChI=1S/C10H13BrN2O4S/c1-2-17-10(14)6-13-18(15,16)9-5-7(11)3-4-8(9)12/h3-5,13H,2,6,12H2,1H3. The van der Waals surface area contributed by atoms with Crippen LogP contribution in [0.15, 0.2) is 27.6 Å². The number of halogens is 1. The van der Waals surface area contributed by atoms with Crippen molar-refractivity contribution in [2.45, 2.75) is 11.8 Å². The second-order valence-corrected chi connectivity index (χ2v) is 5.96. The molecule has 0 aromatic heterocycles. The highest BCUT2D eigenvalue weighted by Crippen LogP contribution is 2.22. The third-order valence-electron chi connectivity index (χ3n) is 1.98. The average molecular weight is 337 g/mol. The van der Waals surface area contributed by atoms with Crippen LogP contribution in [0.2, 0.25) is 0 Å². The van der Waals surface area contributed by atoms with Gasteiger partial charge in [-0.15, -0.1) is 0 Å². The Bertz CT molecular complexity index is 545. The van der Waals surface area contributed by atoms with Crippen LogP contribution in [0.3, 0.4) is 0 Å². The van der Waals surface area contributed by atoms with E-state index in [1.807, 2.05) is 0 Å². The van der Waals surface area contributed by atoms with Gasteiger partial charge >= 0.3 is 5.97 Å². The van der Waals surface area contributed by atoms with E-state index in [4.69, 9.17) is 5.73 Å². The number of carbonyl (C=O) groups is 1. The quantitative estimate of drug-likeness (QED) is 0.614. The number of nitrogens with one attached hydrogen (secondary N) is 1. The van der Waals surface area contributed by atoms with Gasteiger partial charge in [0.25, 0.3) is 0 Å². The molecule has 0 radical (unpaired) electrons. The summed E-state index contributed by atoms with van der Waals surface area (Å²) in [4.78, 5) is 11.0. The lowest BCUT2D eigenvalue weighted by Gasteiger charge is -2.09. The summed E-state index contributed by atoms with van der Waals surface area (Å²) < 4.78 is 31.1. The third kappa shape index (κ3) is 3.97. The van der Waals surface area contributed by atoms with Gasteiger partial charge < -0.3 is 10.5 Å². The second-order valence-electron chi connectivity index (χ2n) is 3.31. The van der Waals surface area contributed by atoms with Crippen molar-refractivity contribution in [3.63, 3.8) is 0 Å². The molecule has 0 saturated heterocycles. The smallest absolute Gasteiger partial charge is 0.321 e. The van der Waals surface area contributed by atoms with Crippen LogP contribution in [0.1, 0.15) is 6.92 Å². The summed E-state index contributed by atoms with van der Waals surface area (Å²) >= 11 is 3.15. The molecule has 0 saturated carbocycles. The summed E-state index contributed by atoms with van der Waals surface area (Å²) in [6, 6.07) is 4.45. The fourth-order valence-electron chi connectivity index (χ4n) is 1.18. The monoisotopic (exact) mass is 336 g/mol. The Morgan fingerprint density at radius 2 is 2.17 bits per heavy atom. The number of benzene rings is 1. The fraction of sp³-hybridized carbons (Fsp3) is 0.300. The van der Waals surface area contributed by atoms with Gasteiger partial charge in [-0.1, -0.05) is 15.9 Å². The molecular weight excluding hydrogens is 324 g/mol. The van der Waals surface area contributed by atoms with E-state index in [0.717, 1.165) is 0 Å². The van der Waals surface area contributed by atoms with Crippen LogP contribution in [-0.4, -0.2) is 27.5 Å². The second kappa shape index (κ2) is 6.17. The van der Waals surface area contributed by atoms with Gasteiger partial charge in [-0.3, -0.25) is 4.79 Å². The maximum Gasteiger partial charge on any atom is 0.321 e. The zero-order valence-corrected chi connectivity index (χ0v) is 12.0. The van der Waals surface area contributed by atoms with E-state index in [-0.39, 0.29) is 17.2 Å². The van der Waals surface area contributed by atoms with E-state index in [1.54, 1.807) is 13.0 Å². The van der Waals surface area contributed by atoms with Crippen LogP contribution in [0.5, 0.6) is 0 Å². The molecule has 0 unspecified atom stereocenters. The minimum absolute atomic E-state index is 0.0822. The number of sulfonamides is 1. The summed E-state index contributed by atoms with van der Waals surface area (Å²) in [5.74, 6) is -0.644. The first-order valence-electron chi connectivity index (χ1n) is 5.07. The first-order chi connectivity index (χ1) is 8.36. The molecule has 0 fully saturated rings. The normalized spacial score (nSPS) is 11.2. The van der Waals surface area contributed by atoms with Crippen LogP contribution in [0.25, 0.3) is 0 Å². The molecule has 18 heavy (non-hydrogen) atoms. The maximum absolute atomic E-state index is 11.9. The number of ether oxygens (including phenoxy) is 1. The van der Waals surface area contributed by atoms with Gasteiger partial charge in [-0.05, 0) is 25.1 Å². The van der Waals surface area contributed by atoms with Crippen molar-refractivity contribution in [3.8, 4) is 0 Å². The topological polar surface area (TPSA) is 98.5 Å². The fourth-order valence-corrected chi connectivity index (χ4v) is 2.82. The van der Waals surface area contributed by atoms with Crippen LogP contribution in [0, 0.1) is 0 Å². The molecule has 0 atom stereocenters. The average Bonchev–Trinajstić information content (AvgIpc) is 2.30. The summed E-state index contributed by atoms with van der Waals surface area (Å²) in [6.07, 6.45) is 0. The predicted molar refractivity (Wildman–Crippen MR) is 70.4 cm³/mol. The van der Waals surface area contributed by atoms with E-state index >= 15 is 0 Å². The third-order valence-corrected chi connectivity index (χ3v) is 3.93. The molecule has 0 bridgehead atoms. The summed E-state index contributed by atoms with van der Waals surface area (Å²) in [7, 11) is -3.83. The van der Waals surface area contributed by atoms with Crippen molar-refractivity contribution >= 4 is 37.6 Å². The van der Waals surface area contributed by atoms with Crippen molar-refractivity contribution in [2.24, 2.45) is 0 Å². The van der Waals surface area contributed by atoms with Crippen molar-refractivity contribution < 1.29 is 17.9 Å². The van der Waals surface area contributed by atoms with E-state index in [0.29, 0.717) is 4.47 Å². The van der Waals surface area contributed by atoms with E-state index < -0.39 is 22.5 Å². The van der Waals surface area contributed by atoms with Crippen LogP contribution in [0.4, 0.5) is 5.69 Å². The highest BCUT2D eigenvalue weighted by molar-refractivity contribution is 9.10. The summed E-state index contributed by atoms with van der Waals surface area (Å²) in [5, 5.41) is 0. The van der Waals surface area contributed by atoms with E-state index in [1.165, 1.54) is 12.1 Å². The lowest BCUT2D eigenvalue weighted by molar-refractivity contribution is -0.141. The van der Waals surface area contributed by atoms with Gasteiger partial charge in [0.1, 0.15) is 11.4 Å². The number of hydrogen-bond donors (Lipinski definition) is 2. The summed E-state index contributed by atoms with van der Waals surface area (Å²) in [5.41, 5.74) is 5.69. The van der Waals surface area contributed by atoms with E-state index in [9.17, 15) is 13.2 Å². The van der Waals surface area contributed by atoms with Crippen molar-refractivity contribution in [1.29, 1.82) is 0 Å². The number of carbonyl (C=O) groups excluding carboxylic acids is 1. The Labute approximate surface area is 114 Å². The molecule has 1 rings (SSSR count). The Kier molecular flexibility index (Phi) is 5.12. The SMILES string of the molecule is CCOC(=O)CNS(=O)(=O)c1cc(Br)ccc1N. The van der Waals surface area contributed by atoms with Gasteiger partial charge in [-0.2, -0.15) is 4.72 Å². The zero-order chi connectivity index (χ0) is 13.8. The molecule has 1 aromatic carbocycles.